The van der Waals surface area contributed by atoms with Crippen molar-refractivity contribution in [1.82, 2.24) is 19.8 Å². The molecule has 0 saturated carbocycles. The van der Waals surface area contributed by atoms with Gasteiger partial charge in [-0.05, 0) is 53.1 Å². The second-order valence-electron chi connectivity index (χ2n) is 9.61. The average Bonchev–Trinajstić information content (AvgIpc) is 3.25. The smallest absolute Gasteiger partial charge is 0.333 e. The molecule has 1 amide bonds. The molecule has 5 rings (SSSR count). The van der Waals surface area contributed by atoms with E-state index in [1.807, 2.05) is 4.90 Å². The molecule has 0 fully saturated rings. The molecule has 1 N–H and O–H groups in total. The number of nitrogens with one attached hydrogen (secondary N) is 1. The van der Waals surface area contributed by atoms with Gasteiger partial charge in [-0.2, -0.15) is 26.3 Å². The largest absolute Gasteiger partial charge is 0.417 e. The van der Waals surface area contributed by atoms with Gasteiger partial charge < -0.3 is 5.32 Å². The number of rotatable bonds is 5. The van der Waals surface area contributed by atoms with E-state index in [9.17, 15) is 31.1 Å². The quantitative estimate of drug-likeness (QED) is 0.192. The lowest BCUT2D eigenvalue weighted by Crippen LogP contribution is -2.34. The predicted molar refractivity (Wildman–Crippen MR) is 143 cm³/mol. The molecule has 0 unspecified atom stereocenters. The Kier molecular flexibility index (Phi) is 7.85. The SMILES string of the molecule is O=C(NCc1ccnc(Cl)c1)n1c2c(c3c(C(F)(F)F)cccc31)CN(C/C=C/c1ccc(C(F)(F)F)cc1)CC2. The number of hydrogen-bond acceptors (Lipinski definition) is 3. The molecule has 1 aliphatic heterocycles. The van der Waals surface area contributed by atoms with E-state index in [1.54, 1.807) is 24.3 Å². The number of fused-ring (bicyclic) bond motifs is 3. The first kappa shape index (κ1) is 28.7. The molecule has 0 aliphatic carbocycles. The van der Waals surface area contributed by atoms with E-state index in [4.69, 9.17) is 11.6 Å². The van der Waals surface area contributed by atoms with Gasteiger partial charge in [0.1, 0.15) is 5.15 Å². The molecule has 0 bridgehead atoms. The number of pyridine rings is 1. The number of hydrogen-bond donors (Lipinski definition) is 1. The number of amides is 1. The average molecular weight is 593 g/mol. The molecule has 3 heterocycles. The first-order valence-electron chi connectivity index (χ1n) is 12.6. The lowest BCUT2D eigenvalue weighted by atomic mass is 10.0. The summed E-state index contributed by atoms with van der Waals surface area (Å²) in [5.41, 5.74) is 0.778. The highest BCUT2D eigenvalue weighted by molar-refractivity contribution is 6.29. The van der Waals surface area contributed by atoms with Gasteiger partial charge in [-0.15, -0.1) is 0 Å². The van der Waals surface area contributed by atoms with E-state index in [2.05, 4.69) is 10.3 Å². The molecule has 0 radical (unpaired) electrons. The molecule has 1 aliphatic rings. The molecule has 0 saturated heterocycles. The van der Waals surface area contributed by atoms with Gasteiger partial charge in [0.05, 0.1) is 16.6 Å². The van der Waals surface area contributed by atoms with Crippen LogP contribution in [0.25, 0.3) is 17.0 Å². The molecule has 0 spiro atoms. The van der Waals surface area contributed by atoms with E-state index in [-0.39, 0.29) is 29.1 Å². The summed E-state index contributed by atoms with van der Waals surface area (Å²) in [5, 5.41) is 3.00. The molecule has 214 valence electrons. The van der Waals surface area contributed by atoms with Crippen LogP contribution in [-0.2, 0) is 31.9 Å². The van der Waals surface area contributed by atoms with Gasteiger partial charge in [0.15, 0.2) is 0 Å². The Labute approximate surface area is 236 Å². The highest BCUT2D eigenvalue weighted by Gasteiger charge is 2.37. The van der Waals surface area contributed by atoms with Gasteiger partial charge in [0, 0.05) is 49.9 Å². The van der Waals surface area contributed by atoms with Crippen molar-refractivity contribution >= 4 is 34.6 Å². The van der Waals surface area contributed by atoms with Crippen LogP contribution in [0, 0.1) is 0 Å². The lowest BCUT2D eigenvalue weighted by molar-refractivity contribution is -0.138. The maximum atomic E-state index is 14.1. The third kappa shape index (κ3) is 6.25. The third-order valence-corrected chi connectivity index (χ3v) is 7.11. The monoisotopic (exact) mass is 592 g/mol. The van der Waals surface area contributed by atoms with E-state index in [1.165, 1.54) is 35.0 Å². The number of nitrogens with zero attached hydrogens (tertiary/aromatic N) is 3. The highest BCUT2D eigenvalue weighted by atomic mass is 35.5. The number of carbonyl (C=O) groups is 1. The molecular weight excluding hydrogens is 570 g/mol. The van der Waals surface area contributed by atoms with Gasteiger partial charge in [0.2, 0.25) is 0 Å². The molecule has 2 aromatic carbocycles. The van der Waals surface area contributed by atoms with Crippen molar-refractivity contribution in [2.24, 2.45) is 0 Å². The van der Waals surface area contributed by atoms with Crippen LogP contribution in [0.1, 0.15) is 33.5 Å². The van der Waals surface area contributed by atoms with Gasteiger partial charge >= 0.3 is 18.4 Å². The number of aromatic nitrogens is 2. The van der Waals surface area contributed by atoms with Crippen LogP contribution in [0.2, 0.25) is 5.15 Å². The van der Waals surface area contributed by atoms with E-state index in [0.717, 1.165) is 18.2 Å². The third-order valence-electron chi connectivity index (χ3n) is 6.91. The summed E-state index contributed by atoms with van der Waals surface area (Å²) in [6.07, 6.45) is -3.82. The summed E-state index contributed by atoms with van der Waals surface area (Å²) in [6.45, 7) is 1.09. The normalized spacial score (nSPS) is 14.5. The second kappa shape index (κ2) is 11.2. The van der Waals surface area contributed by atoms with Gasteiger partial charge in [-0.25, -0.2) is 9.78 Å². The molecule has 41 heavy (non-hydrogen) atoms. The fourth-order valence-corrected chi connectivity index (χ4v) is 5.22. The van der Waals surface area contributed by atoms with Crippen LogP contribution in [0.15, 0.2) is 66.9 Å². The Morgan fingerprint density at radius 2 is 1.78 bits per heavy atom. The van der Waals surface area contributed by atoms with Crippen LogP contribution in [0.4, 0.5) is 31.1 Å². The van der Waals surface area contributed by atoms with Crippen molar-refractivity contribution in [1.29, 1.82) is 0 Å². The van der Waals surface area contributed by atoms with E-state index >= 15 is 0 Å². The Bertz CT molecular complexity index is 1610. The summed E-state index contributed by atoms with van der Waals surface area (Å²) in [4.78, 5) is 19.2. The molecule has 12 heteroatoms. The summed E-state index contributed by atoms with van der Waals surface area (Å²) < 4.78 is 82.0. The van der Waals surface area contributed by atoms with Crippen LogP contribution < -0.4 is 5.32 Å². The number of benzene rings is 2. The number of carbonyl (C=O) groups excluding carboxylic acids is 1. The van der Waals surface area contributed by atoms with Crippen LogP contribution >= 0.6 is 11.6 Å². The fraction of sp³-hybridized carbons (Fsp3) is 0.241. The molecule has 4 aromatic rings. The van der Waals surface area contributed by atoms with Gasteiger partial charge in [-0.3, -0.25) is 9.47 Å². The van der Waals surface area contributed by atoms with Gasteiger partial charge in [-0.1, -0.05) is 42.0 Å². The van der Waals surface area contributed by atoms with Crippen molar-refractivity contribution in [3.63, 3.8) is 0 Å². The minimum atomic E-state index is -4.63. The first-order chi connectivity index (χ1) is 19.4. The zero-order valence-corrected chi connectivity index (χ0v) is 22.1. The van der Waals surface area contributed by atoms with Crippen LogP contribution in [0.3, 0.4) is 0 Å². The maximum absolute atomic E-state index is 14.1. The van der Waals surface area contributed by atoms with Crippen LogP contribution in [0.5, 0.6) is 0 Å². The van der Waals surface area contributed by atoms with E-state index < -0.39 is 29.5 Å². The Morgan fingerprint density at radius 3 is 2.46 bits per heavy atom. The molecular formula is C29H23ClF6N4O. The number of halogens is 7. The van der Waals surface area contributed by atoms with Crippen LogP contribution in [-0.4, -0.2) is 33.6 Å². The zero-order chi connectivity index (χ0) is 29.4. The molecule has 2 aromatic heterocycles. The zero-order valence-electron chi connectivity index (χ0n) is 21.4. The molecule has 5 nitrogen and oxygen atoms in total. The summed E-state index contributed by atoms with van der Waals surface area (Å²) >= 11 is 5.91. The second-order valence-corrected chi connectivity index (χ2v) is 10.00. The predicted octanol–water partition coefficient (Wildman–Crippen LogP) is 7.56. The van der Waals surface area contributed by atoms with Crippen molar-refractivity contribution in [3.8, 4) is 0 Å². The summed E-state index contributed by atoms with van der Waals surface area (Å²) in [6, 6.07) is 11.2. The maximum Gasteiger partial charge on any atom is 0.417 e. The number of alkyl halides is 6. The summed E-state index contributed by atoms with van der Waals surface area (Å²) in [5.74, 6) is 0. The lowest BCUT2D eigenvalue weighted by Gasteiger charge is -2.27. The standard InChI is InChI=1S/C29H23ClF6N4O/c30-25-15-19(10-12-37-25)16-38-27(41)40-23-11-14-39(13-2-3-18-6-8-20(9-7-18)28(31,32)33)17-21(23)26-22(29(34,35)36)4-1-5-24(26)40/h1-10,12,15H,11,13-14,16-17H2,(H,38,41)/b3-2+. The first-order valence-corrected chi connectivity index (χ1v) is 13.0. The van der Waals surface area contributed by atoms with Crippen molar-refractivity contribution in [2.45, 2.75) is 31.9 Å². The Morgan fingerprint density at radius 1 is 1.02 bits per heavy atom. The fourth-order valence-electron chi connectivity index (χ4n) is 5.02. The minimum Gasteiger partial charge on any atom is -0.333 e. The van der Waals surface area contributed by atoms with E-state index in [0.29, 0.717) is 41.9 Å². The van der Waals surface area contributed by atoms with Gasteiger partial charge in [0.25, 0.3) is 0 Å². The summed E-state index contributed by atoms with van der Waals surface area (Å²) in [7, 11) is 0. The minimum absolute atomic E-state index is 0.0199. The Balaban J connectivity index is 1.41. The highest BCUT2D eigenvalue weighted by Crippen LogP contribution is 2.40. The topological polar surface area (TPSA) is 50.2 Å². The van der Waals surface area contributed by atoms with Crippen molar-refractivity contribution in [2.75, 3.05) is 13.1 Å². The van der Waals surface area contributed by atoms with Crippen molar-refractivity contribution in [3.05, 3.63) is 106 Å². The van der Waals surface area contributed by atoms with Crippen molar-refractivity contribution < 1.29 is 31.1 Å². The Hall–Kier alpha value is -3.83. The molecule has 0 atom stereocenters.